The van der Waals surface area contributed by atoms with Crippen molar-refractivity contribution in [3.63, 3.8) is 0 Å². The summed E-state index contributed by atoms with van der Waals surface area (Å²) in [6.45, 7) is 9.57. The van der Waals surface area contributed by atoms with Gasteiger partial charge in [-0.05, 0) is 56.4 Å². The lowest BCUT2D eigenvalue weighted by Gasteiger charge is -2.55. The van der Waals surface area contributed by atoms with E-state index in [-0.39, 0.29) is 11.0 Å². The van der Waals surface area contributed by atoms with Gasteiger partial charge in [-0.15, -0.1) is 11.3 Å². The highest BCUT2D eigenvalue weighted by atomic mass is 32.1. The van der Waals surface area contributed by atoms with E-state index in [0.29, 0.717) is 27.6 Å². The molecule has 37 heavy (non-hydrogen) atoms. The lowest BCUT2D eigenvalue weighted by molar-refractivity contribution is -0.129. The molecule has 2 unspecified atom stereocenters. The molecule has 2 atom stereocenters. The summed E-state index contributed by atoms with van der Waals surface area (Å²) in [5, 5.41) is 0.762. The van der Waals surface area contributed by atoms with Crippen LogP contribution in [0.15, 0.2) is 12.4 Å². The molecule has 0 N–H and O–H groups in total. The molecule has 5 heterocycles. The van der Waals surface area contributed by atoms with Gasteiger partial charge in [0.15, 0.2) is 0 Å². The van der Waals surface area contributed by atoms with E-state index < -0.39 is 12.6 Å². The molecule has 204 valence electrons. The number of likely N-dealkylation sites (tertiary alicyclic amines) is 1. The Balaban J connectivity index is 1.12. The Bertz CT molecular complexity index is 1100. The third-order valence-corrected chi connectivity index (χ3v) is 10.4. The van der Waals surface area contributed by atoms with E-state index in [1.807, 2.05) is 0 Å². The summed E-state index contributed by atoms with van der Waals surface area (Å²) in [7, 11) is 0. The zero-order valence-corrected chi connectivity index (χ0v) is 22.8. The lowest BCUT2D eigenvalue weighted by Crippen LogP contribution is -2.63. The van der Waals surface area contributed by atoms with E-state index in [1.165, 1.54) is 51.3 Å². The molecule has 4 aliphatic rings. The summed E-state index contributed by atoms with van der Waals surface area (Å²) >= 11 is 1.13. The number of fused-ring (bicyclic) bond motifs is 1. The summed E-state index contributed by atoms with van der Waals surface area (Å²) < 4.78 is 45.5. The van der Waals surface area contributed by atoms with Crippen molar-refractivity contribution < 1.29 is 17.9 Å². The number of aromatic nitrogens is 2. The van der Waals surface area contributed by atoms with Crippen molar-refractivity contribution >= 4 is 27.4 Å². The van der Waals surface area contributed by atoms with Crippen LogP contribution in [0.4, 0.5) is 19.0 Å². The van der Waals surface area contributed by atoms with Crippen molar-refractivity contribution in [2.45, 2.75) is 89.5 Å². The maximum Gasteiger partial charge on any atom is 0.393 e. The first-order valence-electron chi connectivity index (χ1n) is 14.1. The number of halogens is 3. The average molecular weight is 537 g/mol. The zero-order valence-electron chi connectivity index (χ0n) is 22.0. The second-order valence-corrected chi connectivity index (χ2v) is 13.8. The van der Waals surface area contributed by atoms with Gasteiger partial charge in [-0.3, -0.25) is 4.90 Å². The molecule has 2 spiro atoms. The van der Waals surface area contributed by atoms with Crippen molar-refractivity contribution in [3.8, 4) is 0 Å². The molecule has 0 aromatic carbocycles. The van der Waals surface area contributed by atoms with Gasteiger partial charge in [-0.25, -0.2) is 9.97 Å². The molecule has 0 bridgehead atoms. The van der Waals surface area contributed by atoms with Gasteiger partial charge in [0.1, 0.15) is 17.0 Å². The van der Waals surface area contributed by atoms with Gasteiger partial charge in [0.25, 0.3) is 0 Å². The Morgan fingerprint density at radius 2 is 1.89 bits per heavy atom. The fourth-order valence-corrected chi connectivity index (χ4v) is 8.60. The van der Waals surface area contributed by atoms with Gasteiger partial charge in [0.05, 0.1) is 24.0 Å². The number of alkyl halides is 3. The fraction of sp³-hybridized carbons (Fsp3) is 0.786. The van der Waals surface area contributed by atoms with Crippen molar-refractivity contribution in [2.75, 3.05) is 37.7 Å². The predicted molar refractivity (Wildman–Crippen MR) is 141 cm³/mol. The molecule has 0 amide bonds. The van der Waals surface area contributed by atoms with E-state index in [0.717, 1.165) is 61.7 Å². The lowest BCUT2D eigenvalue weighted by atomic mass is 9.74. The summed E-state index contributed by atoms with van der Waals surface area (Å²) in [6, 6.07) is 2.23. The highest BCUT2D eigenvalue weighted by molar-refractivity contribution is 7.18. The van der Waals surface area contributed by atoms with E-state index >= 15 is 0 Å². The van der Waals surface area contributed by atoms with Gasteiger partial charge < -0.3 is 9.64 Å². The first kappa shape index (κ1) is 25.8. The minimum atomic E-state index is -4.21. The van der Waals surface area contributed by atoms with Crippen molar-refractivity contribution in [3.05, 3.63) is 17.3 Å². The number of nitrogens with zero attached hydrogens (tertiary/aromatic N) is 4. The molecule has 3 saturated heterocycles. The van der Waals surface area contributed by atoms with Crippen molar-refractivity contribution in [1.29, 1.82) is 0 Å². The smallest absolute Gasteiger partial charge is 0.375 e. The van der Waals surface area contributed by atoms with Crippen LogP contribution in [0.25, 0.3) is 10.2 Å². The fourth-order valence-electron chi connectivity index (χ4n) is 7.58. The molecule has 3 aliphatic heterocycles. The monoisotopic (exact) mass is 536 g/mol. The quantitative estimate of drug-likeness (QED) is 0.424. The summed E-state index contributed by atoms with van der Waals surface area (Å²) in [5.41, 5.74) is 0.436. The number of anilines is 1. The van der Waals surface area contributed by atoms with Crippen LogP contribution in [0.1, 0.15) is 70.1 Å². The molecule has 2 aromatic heterocycles. The average Bonchev–Trinajstić information content (AvgIpc) is 3.54. The summed E-state index contributed by atoms with van der Waals surface area (Å²) in [4.78, 5) is 14.8. The van der Waals surface area contributed by atoms with Gasteiger partial charge in [0, 0.05) is 42.5 Å². The Morgan fingerprint density at radius 1 is 1.11 bits per heavy atom. The van der Waals surface area contributed by atoms with Gasteiger partial charge in [-0.2, -0.15) is 13.2 Å². The first-order valence-corrected chi connectivity index (χ1v) is 14.9. The minimum Gasteiger partial charge on any atom is -0.375 e. The second kappa shape index (κ2) is 9.63. The summed E-state index contributed by atoms with van der Waals surface area (Å²) in [5.74, 6) is 2.07. The number of ether oxygens (including phenoxy) is 1. The van der Waals surface area contributed by atoms with E-state index in [2.05, 4.69) is 33.6 Å². The number of rotatable bonds is 6. The Hall–Kier alpha value is -1.45. The Morgan fingerprint density at radius 3 is 2.57 bits per heavy atom. The SMILES string of the molecule is CC(C)CC(C1CCC2(CCCC2)OC1)N1CC2(CCN(c3ncnc4sc(CC(F)(F)F)cc34)C2)C1. The highest BCUT2D eigenvalue weighted by Crippen LogP contribution is 2.47. The molecular formula is C28H39F3N4OS. The normalized spacial score (nSPS) is 26.5. The van der Waals surface area contributed by atoms with Crippen molar-refractivity contribution in [2.24, 2.45) is 17.3 Å². The van der Waals surface area contributed by atoms with Gasteiger partial charge in [-0.1, -0.05) is 26.7 Å². The highest BCUT2D eigenvalue weighted by Gasteiger charge is 2.52. The Labute approximate surface area is 221 Å². The van der Waals surface area contributed by atoms with Crippen LogP contribution >= 0.6 is 11.3 Å². The zero-order chi connectivity index (χ0) is 25.8. The third-order valence-electron chi connectivity index (χ3n) is 9.36. The van der Waals surface area contributed by atoms with Crippen LogP contribution < -0.4 is 4.90 Å². The number of hydrogen-bond donors (Lipinski definition) is 0. The topological polar surface area (TPSA) is 41.5 Å². The molecule has 1 aliphatic carbocycles. The predicted octanol–water partition coefficient (Wildman–Crippen LogP) is 6.46. The van der Waals surface area contributed by atoms with Crippen LogP contribution in [-0.2, 0) is 11.2 Å². The molecule has 6 rings (SSSR count). The molecule has 1 saturated carbocycles. The maximum absolute atomic E-state index is 13.0. The van der Waals surface area contributed by atoms with Crippen LogP contribution in [0.3, 0.4) is 0 Å². The molecule has 2 aromatic rings. The minimum absolute atomic E-state index is 0.186. The van der Waals surface area contributed by atoms with E-state index in [4.69, 9.17) is 4.74 Å². The van der Waals surface area contributed by atoms with Gasteiger partial charge in [0.2, 0.25) is 0 Å². The largest absolute Gasteiger partial charge is 0.393 e. The maximum atomic E-state index is 13.0. The van der Waals surface area contributed by atoms with Crippen molar-refractivity contribution in [1.82, 2.24) is 14.9 Å². The van der Waals surface area contributed by atoms with Crippen LogP contribution in [-0.4, -0.2) is 65.5 Å². The third kappa shape index (κ3) is 5.24. The molecule has 5 nitrogen and oxygen atoms in total. The van der Waals surface area contributed by atoms with Crippen LogP contribution in [0.5, 0.6) is 0 Å². The van der Waals surface area contributed by atoms with Crippen LogP contribution in [0, 0.1) is 17.3 Å². The standard InChI is InChI=1S/C28H39F3N4OS/c1-19(2)11-23(20-5-8-27(36-14-20)6-3-4-7-27)35-16-26(17-35)9-10-34(15-26)24-22-12-21(13-28(29,30)31)37-25(22)33-18-32-24/h12,18-20,23H,3-11,13-17H2,1-2H3. The van der Waals surface area contributed by atoms with Crippen LogP contribution in [0.2, 0.25) is 0 Å². The molecule has 9 heteroatoms. The number of thiophene rings is 1. The van der Waals surface area contributed by atoms with Gasteiger partial charge >= 0.3 is 6.18 Å². The number of hydrogen-bond acceptors (Lipinski definition) is 6. The first-order chi connectivity index (χ1) is 17.6. The summed E-state index contributed by atoms with van der Waals surface area (Å²) in [6.07, 6.45) is 6.33. The Kier molecular flexibility index (Phi) is 6.72. The molecule has 0 radical (unpaired) electrons. The molecular weight excluding hydrogens is 497 g/mol. The second-order valence-electron chi connectivity index (χ2n) is 12.7. The van der Waals surface area contributed by atoms with E-state index in [1.54, 1.807) is 6.07 Å². The molecule has 4 fully saturated rings. The van der Waals surface area contributed by atoms with E-state index in [9.17, 15) is 13.2 Å².